The highest BCUT2D eigenvalue weighted by molar-refractivity contribution is 6.32. The summed E-state index contributed by atoms with van der Waals surface area (Å²) in [5.41, 5.74) is 15.4. The van der Waals surface area contributed by atoms with E-state index in [1.807, 2.05) is 38.1 Å². The van der Waals surface area contributed by atoms with Gasteiger partial charge in [0.1, 0.15) is 5.75 Å². The molecule has 1 aliphatic heterocycles. The molecule has 6 nitrogen and oxygen atoms in total. The summed E-state index contributed by atoms with van der Waals surface area (Å²) in [6, 6.07) is 18.5. The molecular formula is C33H38ClN3O3. The van der Waals surface area contributed by atoms with Gasteiger partial charge in [-0.1, -0.05) is 41.9 Å². The predicted octanol–water partition coefficient (Wildman–Crippen LogP) is 6.95. The van der Waals surface area contributed by atoms with Crippen LogP contribution in [-0.4, -0.2) is 34.3 Å². The fourth-order valence-corrected chi connectivity index (χ4v) is 6.30. The lowest BCUT2D eigenvalue weighted by Gasteiger charge is -2.21. The molecule has 0 aliphatic carbocycles. The summed E-state index contributed by atoms with van der Waals surface area (Å²) in [5.74, 6) is 0.266. The number of hydrogen-bond acceptors (Lipinski definition) is 4. The molecule has 1 saturated heterocycles. The highest BCUT2D eigenvalue weighted by Gasteiger charge is 2.33. The Bertz CT molecular complexity index is 1510. The van der Waals surface area contributed by atoms with Crippen molar-refractivity contribution in [3.63, 3.8) is 0 Å². The van der Waals surface area contributed by atoms with E-state index in [9.17, 15) is 9.90 Å². The maximum Gasteiger partial charge on any atom is 0.335 e. The molecule has 210 valence electrons. The standard InChI is InChI=1S/C33H38ClN3O3/c1-19-16-26(17-20(2)31(19)34)40-15-7-10-27-23(5)37(18-24-11-13-25(14-12-24)33(38)39)32-28(27)8-6-9-29(32)30-21(3)35-36-22(30)4/h6,8-9,11-14,16-17,21-22,30,35-36H,7,10,15,18H2,1-5H3,(H,38,39). The molecular weight excluding hydrogens is 522 g/mol. The molecule has 3 N–H and O–H groups in total. The Labute approximate surface area is 241 Å². The van der Waals surface area contributed by atoms with Crippen LogP contribution in [0.4, 0.5) is 0 Å². The Hall–Kier alpha value is -3.32. The van der Waals surface area contributed by atoms with E-state index < -0.39 is 5.97 Å². The van der Waals surface area contributed by atoms with Gasteiger partial charge in [0.15, 0.2) is 0 Å². The van der Waals surface area contributed by atoms with E-state index in [0.717, 1.165) is 40.3 Å². The number of carboxylic acids is 1. The molecule has 0 radical (unpaired) electrons. The third kappa shape index (κ3) is 5.49. The second-order valence-corrected chi connectivity index (χ2v) is 11.5. The number of carboxylic acid groups (broad SMARTS) is 1. The molecule has 5 rings (SSSR count). The number of halogens is 1. The number of aromatic nitrogens is 1. The zero-order valence-electron chi connectivity index (χ0n) is 23.8. The van der Waals surface area contributed by atoms with Crippen molar-refractivity contribution in [3.8, 4) is 5.75 Å². The van der Waals surface area contributed by atoms with Crippen LogP contribution in [-0.2, 0) is 13.0 Å². The number of aromatic carboxylic acids is 1. The number of fused-ring (bicyclic) bond motifs is 1. The van der Waals surface area contributed by atoms with Crippen LogP contribution in [0.2, 0.25) is 5.02 Å². The van der Waals surface area contributed by atoms with Crippen molar-refractivity contribution in [2.75, 3.05) is 6.61 Å². The molecule has 3 aromatic carbocycles. The van der Waals surface area contributed by atoms with Gasteiger partial charge in [-0.15, -0.1) is 0 Å². The van der Waals surface area contributed by atoms with Gasteiger partial charge in [-0.25, -0.2) is 4.79 Å². The van der Waals surface area contributed by atoms with Gasteiger partial charge >= 0.3 is 5.97 Å². The van der Waals surface area contributed by atoms with Crippen molar-refractivity contribution in [1.82, 2.24) is 15.4 Å². The lowest BCUT2D eigenvalue weighted by Crippen LogP contribution is -2.30. The van der Waals surface area contributed by atoms with Crippen LogP contribution in [0.5, 0.6) is 5.75 Å². The minimum absolute atomic E-state index is 0.294. The van der Waals surface area contributed by atoms with Gasteiger partial charge in [-0.3, -0.25) is 10.9 Å². The Morgan fingerprint density at radius 3 is 2.27 bits per heavy atom. The maximum absolute atomic E-state index is 11.4. The molecule has 1 fully saturated rings. The van der Waals surface area contributed by atoms with Gasteiger partial charge in [0, 0.05) is 40.6 Å². The molecule has 0 saturated carbocycles. The second kappa shape index (κ2) is 11.7. The van der Waals surface area contributed by atoms with Crippen molar-refractivity contribution < 1.29 is 14.6 Å². The number of ether oxygens (including phenoxy) is 1. The Morgan fingerprint density at radius 1 is 1.00 bits per heavy atom. The molecule has 2 heterocycles. The number of rotatable bonds is 9. The zero-order chi connectivity index (χ0) is 28.6. The summed E-state index contributed by atoms with van der Waals surface area (Å²) in [5, 5.41) is 11.4. The molecule has 2 unspecified atom stereocenters. The lowest BCUT2D eigenvalue weighted by atomic mass is 9.87. The van der Waals surface area contributed by atoms with E-state index in [4.69, 9.17) is 16.3 Å². The largest absolute Gasteiger partial charge is 0.494 e. The molecule has 40 heavy (non-hydrogen) atoms. The van der Waals surface area contributed by atoms with Crippen LogP contribution in [0.3, 0.4) is 0 Å². The Morgan fingerprint density at radius 2 is 1.65 bits per heavy atom. The fraction of sp³-hybridized carbons (Fsp3) is 0.364. The van der Waals surface area contributed by atoms with Gasteiger partial charge in [0.2, 0.25) is 0 Å². The number of benzene rings is 3. The monoisotopic (exact) mass is 559 g/mol. The third-order valence-corrected chi connectivity index (χ3v) is 8.87. The molecule has 0 spiro atoms. The van der Waals surface area contributed by atoms with Crippen molar-refractivity contribution in [3.05, 3.63) is 98.7 Å². The van der Waals surface area contributed by atoms with E-state index in [1.165, 1.54) is 27.7 Å². The van der Waals surface area contributed by atoms with Crippen LogP contribution in [0, 0.1) is 20.8 Å². The lowest BCUT2D eigenvalue weighted by molar-refractivity contribution is 0.0697. The van der Waals surface area contributed by atoms with E-state index in [-0.39, 0.29) is 0 Å². The number of nitrogens with zero attached hydrogens (tertiary/aromatic N) is 1. The smallest absolute Gasteiger partial charge is 0.335 e. The normalized spacial score (nSPS) is 18.9. The quantitative estimate of drug-likeness (QED) is 0.194. The predicted molar refractivity (Wildman–Crippen MR) is 162 cm³/mol. The average molecular weight is 560 g/mol. The maximum atomic E-state index is 11.4. The first-order valence-corrected chi connectivity index (χ1v) is 14.4. The highest BCUT2D eigenvalue weighted by atomic mass is 35.5. The van der Waals surface area contributed by atoms with Crippen molar-refractivity contribution >= 4 is 28.5 Å². The number of nitrogens with one attached hydrogen (secondary N) is 2. The van der Waals surface area contributed by atoms with Gasteiger partial charge in [0.05, 0.1) is 17.7 Å². The number of carbonyl (C=O) groups is 1. The Kier molecular flexibility index (Phi) is 8.22. The van der Waals surface area contributed by atoms with E-state index in [0.29, 0.717) is 36.7 Å². The number of hydrazine groups is 1. The number of hydrogen-bond donors (Lipinski definition) is 3. The molecule has 7 heteroatoms. The summed E-state index contributed by atoms with van der Waals surface area (Å²) in [7, 11) is 0. The highest BCUT2D eigenvalue weighted by Crippen LogP contribution is 2.37. The second-order valence-electron chi connectivity index (χ2n) is 11.1. The number of aryl methyl sites for hydroxylation is 3. The van der Waals surface area contributed by atoms with Crippen LogP contribution < -0.4 is 15.6 Å². The van der Waals surface area contributed by atoms with E-state index in [2.05, 4.69) is 54.4 Å². The first-order valence-electron chi connectivity index (χ1n) is 14.0. The van der Waals surface area contributed by atoms with Crippen LogP contribution in [0.1, 0.15) is 70.1 Å². The first kappa shape index (κ1) is 28.2. The van der Waals surface area contributed by atoms with Crippen LogP contribution >= 0.6 is 11.6 Å². The number of para-hydroxylation sites is 1. The summed E-state index contributed by atoms with van der Waals surface area (Å²) < 4.78 is 8.55. The molecule has 1 aliphatic rings. The average Bonchev–Trinajstić information content (AvgIpc) is 3.40. The SMILES string of the molecule is Cc1cc(OCCCc2c(C)n(Cc3ccc(C(=O)O)cc3)c3c(C4C(C)NNC4C)cccc23)cc(C)c1Cl. The minimum Gasteiger partial charge on any atom is -0.494 e. The summed E-state index contributed by atoms with van der Waals surface area (Å²) >= 11 is 6.33. The van der Waals surface area contributed by atoms with E-state index in [1.54, 1.807) is 12.1 Å². The fourth-order valence-electron chi connectivity index (χ4n) is 6.19. The van der Waals surface area contributed by atoms with Gasteiger partial charge in [-0.05, 0) is 99.5 Å². The molecule has 1 aromatic heterocycles. The van der Waals surface area contributed by atoms with Crippen LogP contribution in [0.15, 0.2) is 54.6 Å². The van der Waals surface area contributed by atoms with Gasteiger partial charge in [0.25, 0.3) is 0 Å². The van der Waals surface area contributed by atoms with Gasteiger partial charge < -0.3 is 14.4 Å². The van der Waals surface area contributed by atoms with E-state index >= 15 is 0 Å². The Balaban J connectivity index is 1.47. The molecule has 4 aromatic rings. The molecule has 2 atom stereocenters. The molecule has 0 amide bonds. The van der Waals surface area contributed by atoms with Crippen LogP contribution in [0.25, 0.3) is 10.9 Å². The van der Waals surface area contributed by atoms with Gasteiger partial charge in [-0.2, -0.15) is 0 Å². The summed E-state index contributed by atoms with van der Waals surface area (Å²) in [4.78, 5) is 11.4. The molecule has 0 bridgehead atoms. The first-order chi connectivity index (χ1) is 19.2. The zero-order valence-corrected chi connectivity index (χ0v) is 24.6. The minimum atomic E-state index is -0.908. The van der Waals surface area contributed by atoms with Crippen molar-refractivity contribution in [2.45, 2.75) is 72.0 Å². The van der Waals surface area contributed by atoms with Crippen molar-refractivity contribution in [1.29, 1.82) is 0 Å². The summed E-state index contributed by atoms with van der Waals surface area (Å²) in [6.45, 7) is 12.0. The topological polar surface area (TPSA) is 75.5 Å². The third-order valence-electron chi connectivity index (χ3n) is 8.27. The van der Waals surface area contributed by atoms with Crippen molar-refractivity contribution in [2.24, 2.45) is 0 Å². The summed E-state index contributed by atoms with van der Waals surface area (Å²) in [6.07, 6.45) is 1.78.